The molecule has 2 aromatic heterocycles. The minimum atomic E-state index is 0.474. The summed E-state index contributed by atoms with van der Waals surface area (Å²) in [6.45, 7) is 0. The van der Waals surface area contributed by atoms with Crippen LogP contribution in [0.3, 0.4) is 0 Å². The van der Waals surface area contributed by atoms with Crippen molar-refractivity contribution >= 4 is 27.1 Å². The van der Waals surface area contributed by atoms with Crippen LogP contribution in [0, 0.1) is 0 Å². The van der Waals surface area contributed by atoms with Crippen LogP contribution in [-0.2, 0) is 0 Å². The molecule has 10 heavy (non-hydrogen) atoms. The van der Waals surface area contributed by atoms with Gasteiger partial charge in [0.05, 0.1) is 6.20 Å². The highest BCUT2D eigenvalue weighted by atomic mass is 79.9. The Hall–Kier alpha value is -1.04. The van der Waals surface area contributed by atoms with Crippen molar-refractivity contribution < 1.29 is 0 Å². The maximum absolute atomic E-state index is 3.98. The number of hydrogen-bond acceptors (Lipinski definition) is 4. The lowest BCUT2D eigenvalue weighted by atomic mass is 10.6. The summed E-state index contributed by atoms with van der Waals surface area (Å²) in [5.41, 5.74) is 1.31. The van der Waals surface area contributed by atoms with Crippen molar-refractivity contribution in [3.05, 3.63) is 10.9 Å². The first-order valence-electron chi connectivity index (χ1n) is 2.55. The van der Waals surface area contributed by atoms with Crippen molar-refractivity contribution in [2.75, 3.05) is 0 Å². The average Bonchev–Trinajstić information content (AvgIpc) is 2.33. The molecule has 0 aliphatic heterocycles. The topological polar surface area (TPSA) is 67.3 Å². The standard InChI is InChI=1S/C4H2BrN5/c5-4-7-2-1-6-8-3(2)9-10-4/h1H,(H,6,8,9). The smallest absolute Gasteiger partial charge is 0.218 e. The molecule has 0 fully saturated rings. The van der Waals surface area contributed by atoms with E-state index in [1.165, 1.54) is 0 Å². The van der Waals surface area contributed by atoms with Gasteiger partial charge in [0.15, 0.2) is 5.65 Å². The molecule has 0 saturated carbocycles. The predicted octanol–water partition coefficient (Wildman–Crippen LogP) is 0.510. The van der Waals surface area contributed by atoms with Crippen LogP contribution in [0.25, 0.3) is 11.2 Å². The second-order valence-electron chi connectivity index (χ2n) is 1.68. The summed E-state index contributed by atoms with van der Waals surface area (Å²) >= 11 is 3.09. The van der Waals surface area contributed by atoms with Gasteiger partial charge in [0.1, 0.15) is 5.52 Å². The monoisotopic (exact) mass is 199 g/mol. The lowest BCUT2D eigenvalue weighted by Crippen LogP contribution is -1.86. The van der Waals surface area contributed by atoms with Gasteiger partial charge in [-0.3, -0.25) is 5.10 Å². The van der Waals surface area contributed by atoms with Crippen molar-refractivity contribution in [3.8, 4) is 0 Å². The summed E-state index contributed by atoms with van der Waals surface area (Å²) in [5, 5.41) is 13.8. The van der Waals surface area contributed by atoms with Gasteiger partial charge in [0, 0.05) is 0 Å². The van der Waals surface area contributed by atoms with Crippen LogP contribution in [-0.4, -0.2) is 25.4 Å². The molecule has 0 bridgehead atoms. The number of rotatable bonds is 0. The highest BCUT2D eigenvalue weighted by Gasteiger charge is 1.98. The maximum atomic E-state index is 3.98. The van der Waals surface area contributed by atoms with Crippen LogP contribution in [0.1, 0.15) is 0 Å². The maximum Gasteiger partial charge on any atom is 0.218 e. The van der Waals surface area contributed by atoms with E-state index in [4.69, 9.17) is 0 Å². The first-order chi connectivity index (χ1) is 4.86. The Labute approximate surface area is 64.0 Å². The van der Waals surface area contributed by atoms with Gasteiger partial charge in [-0.2, -0.15) is 5.10 Å². The Morgan fingerprint density at radius 2 is 2.30 bits per heavy atom. The first-order valence-corrected chi connectivity index (χ1v) is 3.35. The molecule has 0 saturated heterocycles. The van der Waals surface area contributed by atoms with E-state index in [1.807, 2.05) is 0 Å². The van der Waals surface area contributed by atoms with E-state index in [0.717, 1.165) is 0 Å². The Morgan fingerprint density at radius 3 is 3.20 bits per heavy atom. The molecule has 0 unspecified atom stereocenters. The Morgan fingerprint density at radius 1 is 1.40 bits per heavy atom. The average molecular weight is 200 g/mol. The van der Waals surface area contributed by atoms with Crippen LogP contribution >= 0.6 is 15.9 Å². The van der Waals surface area contributed by atoms with Crippen molar-refractivity contribution in [3.63, 3.8) is 0 Å². The molecule has 0 radical (unpaired) electrons. The first kappa shape index (κ1) is 5.72. The number of fused-ring (bicyclic) bond motifs is 1. The normalized spacial score (nSPS) is 10.5. The molecule has 0 atom stereocenters. The highest BCUT2D eigenvalue weighted by molar-refractivity contribution is 9.10. The number of nitrogens with one attached hydrogen (secondary N) is 1. The summed E-state index contributed by atoms with van der Waals surface area (Å²) in [6.07, 6.45) is 1.59. The zero-order valence-corrected chi connectivity index (χ0v) is 6.33. The number of aromatic nitrogens is 5. The third-order valence-electron chi connectivity index (χ3n) is 1.05. The van der Waals surface area contributed by atoms with Crippen LogP contribution in [0.2, 0.25) is 0 Å². The minimum Gasteiger partial charge on any atom is -0.258 e. The molecule has 0 spiro atoms. The van der Waals surface area contributed by atoms with Crippen molar-refractivity contribution in [2.24, 2.45) is 0 Å². The SMILES string of the molecule is Brc1nnc2[nH]ncc2n1. The van der Waals surface area contributed by atoms with Crippen molar-refractivity contribution in [1.82, 2.24) is 25.4 Å². The van der Waals surface area contributed by atoms with Gasteiger partial charge in [-0.25, -0.2) is 4.98 Å². The highest BCUT2D eigenvalue weighted by Crippen LogP contribution is 2.05. The molecule has 0 aliphatic rings. The quantitative estimate of drug-likeness (QED) is 0.672. The van der Waals surface area contributed by atoms with Gasteiger partial charge in [0.2, 0.25) is 4.73 Å². The van der Waals surface area contributed by atoms with Crippen molar-refractivity contribution in [1.29, 1.82) is 0 Å². The molecular formula is C4H2BrN5. The van der Waals surface area contributed by atoms with E-state index >= 15 is 0 Å². The summed E-state index contributed by atoms with van der Waals surface area (Å²) < 4.78 is 0.474. The number of aromatic amines is 1. The van der Waals surface area contributed by atoms with Gasteiger partial charge < -0.3 is 0 Å². The van der Waals surface area contributed by atoms with Gasteiger partial charge >= 0.3 is 0 Å². The Balaban J connectivity index is 2.86. The van der Waals surface area contributed by atoms with Crippen molar-refractivity contribution in [2.45, 2.75) is 0 Å². The molecule has 0 aliphatic carbocycles. The molecule has 6 heteroatoms. The van der Waals surface area contributed by atoms with Gasteiger partial charge in [-0.1, -0.05) is 0 Å². The molecule has 0 amide bonds. The van der Waals surface area contributed by atoms with Crippen LogP contribution in [0.15, 0.2) is 10.9 Å². The summed E-state index contributed by atoms with van der Waals surface area (Å²) in [5.74, 6) is 0. The van der Waals surface area contributed by atoms with E-state index in [2.05, 4.69) is 41.3 Å². The zero-order chi connectivity index (χ0) is 6.97. The minimum absolute atomic E-state index is 0.474. The van der Waals surface area contributed by atoms with E-state index in [9.17, 15) is 0 Å². The molecule has 2 aromatic rings. The van der Waals surface area contributed by atoms with E-state index in [1.54, 1.807) is 6.20 Å². The number of nitrogens with zero attached hydrogens (tertiary/aromatic N) is 4. The fourth-order valence-electron chi connectivity index (χ4n) is 0.641. The third-order valence-corrected chi connectivity index (χ3v) is 1.38. The van der Waals surface area contributed by atoms with E-state index in [-0.39, 0.29) is 0 Å². The molecule has 2 heterocycles. The zero-order valence-electron chi connectivity index (χ0n) is 4.74. The van der Waals surface area contributed by atoms with Gasteiger partial charge in [-0.05, 0) is 15.9 Å². The molecule has 2 rings (SSSR count). The number of halogens is 1. The molecular weight excluding hydrogens is 198 g/mol. The summed E-state index contributed by atoms with van der Waals surface area (Å²) in [7, 11) is 0. The fraction of sp³-hybridized carbons (Fsp3) is 0. The third kappa shape index (κ3) is 0.766. The Bertz CT molecular complexity index is 355. The lowest BCUT2D eigenvalue weighted by Gasteiger charge is -1.84. The molecule has 0 aromatic carbocycles. The van der Waals surface area contributed by atoms with E-state index < -0.39 is 0 Å². The second kappa shape index (κ2) is 1.98. The van der Waals surface area contributed by atoms with Crippen LogP contribution in [0.4, 0.5) is 0 Å². The number of hydrogen-bond donors (Lipinski definition) is 1. The van der Waals surface area contributed by atoms with Crippen LogP contribution in [0.5, 0.6) is 0 Å². The van der Waals surface area contributed by atoms with Gasteiger partial charge in [-0.15, -0.1) is 10.2 Å². The second-order valence-corrected chi connectivity index (χ2v) is 2.39. The summed E-state index contributed by atoms with van der Waals surface area (Å²) in [4.78, 5) is 3.98. The Kier molecular flexibility index (Phi) is 1.13. The largest absolute Gasteiger partial charge is 0.258 e. The fourth-order valence-corrected chi connectivity index (χ4v) is 0.912. The molecule has 5 nitrogen and oxygen atoms in total. The van der Waals surface area contributed by atoms with Gasteiger partial charge in [0.25, 0.3) is 0 Å². The van der Waals surface area contributed by atoms with Crippen LogP contribution < -0.4 is 0 Å². The predicted molar refractivity (Wildman–Crippen MR) is 37.2 cm³/mol. The summed E-state index contributed by atoms with van der Waals surface area (Å²) in [6, 6.07) is 0. The molecule has 50 valence electrons. The molecule has 1 N–H and O–H groups in total. The number of H-pyrrole nitrogens is 1. The lowest BCUT2D eigenvalue weighted by molar-refractivity contribution is 0.964. The van der Waals surface area contributed by atoms with E-state index in [0.29, 0.717) is 15.9 Å².